The van der Waals surface area contributed by atoms with Gasteiger partial charge in [0, 0.05) is 38.4 Å². The van der Waals surface area contributed by atoms with Gasteiger partial charge in [-0.1, -0.05) is 50.7 Å². The molecule has 1 fully saturated rings. The minimum Gasteiger partial charge on any atom is -0.339 e. The molecule has 0 unspecified atom stereocenters. The van der Waals surface area contributed by atoms with Crippen LogP contribution in [0.1, 0.15) is 26.3 Å². The van der Waals surface area contributed by atoms with Gasteiger partial charge in [0.1, 0.15) is 0 Å². The summed E-state index contributed by atoms with van der Waals surface area (Å²) < 4.78 is 1.75. The number of hydrogen-bond acceptors (Lipinski definition) is 7. The average molecular weight is 446 g/mol. The van der Waals surface area contributed by atoms with E-state index in [1.165, 1.54) is 11.8 Å². The van der Waals surface area contributed by atoms with Gasteiger partial charge in [0.15, 0.2) is 0 Å². The Morgan fingerprint density at radius 2 is 1.90 bits per heavy atom. The van der Waals surface area contributed by atoms with Crippen LogP contribution >= 0.6 is 11.8 Å². The molecular weight excluding hydrogens is 414 g/mol. The van der Waals surface area contributed by atoms with Crippen molar-refractivity contribution >= 4 is 29.3 Å². The molecule has 0 radical (unpaired) electrons. The number of benzene rings is 1. The number of para-hydroxylation sites is 1. The number of aryl methyl sites for hydroxylation is 1. The summed E-state index contributed by atoms with van der Waals surface area (Å²) in [5.41, 5.74) is 2.00. The number of aromatic nitrogens is 4. The van der Waals surface area contributed by atoms with Crippen molar-refractivity contribution in [1.29, 1.82) is 0 Å². The van der Waals surface area contributed by atoms with Crippen LogP contribution in [0, 0.1) is 5.92 Å². The molecule has 2 aromatic rings. The molecule has 3 rings (SSSR count). The summed E-state index contributed by atoms with van der Waals surface area (Å²) in [5, 5.41) is 15.4. The minimum atomic E-state index is -0.0202. The summed E-state index contributed by atoms with van der Waals surface area (Å²) in [5.74, 6) is 0.796. The lowest BCUT2D eigenvalue weighted by molar-refractivity contribution is -0.130. The van der Waals surface area contributed by atoms with E-state index in [2.05, 4.69) is 46.5 Å². The van der Waals surface area contributed by atoms with E-state index >= 15 is 0 Å². The highest BCUT2D eigenvalue weighted by atomic mass is 32.2. The molecule has 1 aromatic carbocycles. The molecule has 0 saturated carbocycles. The van der Waals surface area contributed by atoms with E-state index in [4.69, 9.17) is 0 Å². The van der Waals surface area contributed by atoms with Crippen molar-refractivity contribution in [3.8, 4) is 0 Å². The number of carbonyl (C=O) groups excluding carboxylic acids is 2. The van der Waals surface area contributed by atoms with Crippen LogP contribution in [-0.2, 0) is 22.6 Å². The molecule has 0 atom stereocenters. The zero-order valence-corrected chi connectivity index (χ0v) is 19.3. The van der Waals surface area contributed by atoms with Crippen LogP contribution in [0.15, 0.2) is 29.4 Å². The van der Waals surface area contributed by atoms with Crippen molar-refractivity contribution in [2.45, 2.75) is 38.9 Å². The maximum absolute atomic E-state index is 12.6. The zero-order chi connectivity index (χ0) is 22.2. The van der Waals surface area contributed by atoms with Gasteiger partial charge >= 0.3 is 0 Å². The second-order valence-electron chi connectivity index (χ2n) is 8.04. The third kappa shape index (κ3) is 6.76. The van der Waals surface area contributed by atoms with E-state index in [-0.39, 0.29) is 11.8 Å². The number of rotatable bonds is 9. The fraction of sp³-hybridized carbons (Fsp3) is 0.571. The number of anilines is 1. The topological polar surface area (TPSA) is 96.2 Å². The summed E-state index contributed by atoms with van der Waals surface area (Å²) in [7, 11) is 0. The van der Waals surface area contributed by atoms with Crippen LogP contribution in [0.5, 0.6) is 0 Å². The predicted molar refractivity (Wildman–Crippen MR) is 121 cm³/mol. The maximum atomic E-state index is 12.6. The molecule has 1 aromatic heterocycles. The Bertz CT molecular complexity index is 878. The van der Waals surface area contributed by atoms with Gasteiger partial charge in [0.05, 0.1) is 12.3 Å². The minimum absolute atomic E-state index is 0.0202. The lowest BCUT2D eigenvalue weighted by Gasteiger charge is -2.34. The Morgan fingerprint density at radius 1 is 1.16 bits per heavy atom. The summed E-state index contributed by atoms with van der Waals surface area (Å²) in [6.07, 6.45) is 0.874. The van der Waals surface area contributed by atoms with Crippen LogP contribution in [0.4, 0.5) is 5.69 Å². The molecule has 10 heteroatoms. The largest absolute Gasteiger partial charge is 0.339 e. The van der Waals surface area contributed by atoms with Crippen molar-refractivity contribution in [2.24, 2.45) is 5.92 Å². The number of carbonyl (C=O) groups is 2. The maximum Gasteiger partial charge on any atom is 0.238 e. The molecule has 0 bridgehead atoms. The Morgan fingerprint density at radius 3 is 2.61 bits per heavy atom. The van der Waals surface area contributed by atoms with Crippen molar-refractivity contribution in [2.75, 3.05) is 43.8 Å². The highest BCUT2D eigenvalue weighted by Gasteiger charge is 2.23. The van der Waals surface area contributed by atoms with Crippen LogP contribution in [-0.4, -0.2) is 80.3 Å². The predicted octanol–water partition coefficient (Wildman–Crippen LogP) is 1.77. The standard InChI is InChI=1S/C21H31N7O2S/c1-4-17-7-5-6-8-18(17)22-19(29)14-26-9-11-27(12-10-26)20(30)15-31-21-23-24-25-28(21)13-16(2)3/h5-8,16H,4,9-15H2,1-3H3,(H,22,29). The highest BCUT2D eigenvalue weighted by molar-refractivity contribution is 7.99. The van der Waals surface area contributed by atoms with E-state index in [9.17, 15) is 9.59 Å². The molecule has 2 heterocycles. The van der Waals surface area contributed by atoms with E-state index < -0.39 is 0 Å². The number of tetrazole rings is 1. The van der Waals surface area contributed by atoms with E-state index in [0.717, 1.165) is 24.2 Å². The number of amides is 2. The van der Waals surface area contributed by atoms with Crippen molar-refractivity contribution in [3.63, 3.8) is 0 Å². The molecule has 168 valence electrons. The molecule has 1 aliphatic heterocycles. The van der Waals surface area contributed by atoms with Gasteiger partial charge < -0.3 is 10.2 Å². The van der Waals surface area contributed by atoms with E-state index in [1.807, 2.05) is 29.2 Å². The summed E-state index contributed by atoms with van der Waals surface area (Å²) >= 11 is 1.37. The third-order valence-electron chi connectivity index (χ3n) is 5.13. The molecule has 0 aliphatic carbocycles. The SMILES string of the molecule is CCc1ccccc1NC(=O)CN1CCN(C(=O)CSc2nnnn2CC(C)C)CC1. The van der Waals surface area contributed by atoms with Gasteiger partial charge in [-0.05, 0) is 34.4 Å². The lowest BCUT2D eigenvalue weighted by atomic mass is 10.1. The first-order valence-electron chi connectivity index (χ1n) is 10.7. The van der Waals surface area contributed by atoms with Crippen LogP contribution in [0.2, 0.25) is 0 Å². The van der Waals surface area contributed by atoms with Crippen molar-refractivity contribution < 1.29 is 9.59 Å². The lowest BCUT2D eigenvalue weighted by Crippen LogP contribution is -2.50. The van der Waals surface area contributed by atoms with E-state index in [0.29, 0.717) is 49.6 Å². The first kappa shape index (κ1) is 23.2. The Kier molecular flexibility index (Phi) is 8.42. The Labute approximate surface area is 187 Å². The van der Waals surface area contributed by atoms with Gasteiger partial charge in [-0.3, -0.25) is 14.5 Å². The van der Waals surface area contributed by atoms with Crippen molar-refractivity contribution in [1.82, 2.24) is 30.0 Å². The number of nitrogens with one attached hydrogen (secondary N) is 1. The second kappa shape index (κ2) is 11.2. The molecule has 1 aliphatic rings. The molecule has 9 nitrogen and oxygen atoms in total. The first-order chi connectivity index (χ1) is 15.0. The fourth-order valence-electron chi connectivity index (χ4n) is 3.48. The molecule has 1 saturated heterocycles. The van der Waals surface area contributed by atoms with Crippen LogP contribution < -0.4 is 5.32 Å². The number of thioether (sulfide) groups is 1. The quantitative estimate of drug-likeness (QED) is 0.588. The Balaban J connectivity index is 1.41. The second-order valence-corrected chi connectivity index (χ2v) is 8.98. The zero-order valence-electron chi connectivity index (χ0n) is 18.5. The fourth-order valence-corrected chi connectivity index (χ4v) is 4.27. The average Bonchev–Trinajstić information content (AvgIpc) is 3.19. The van der Waals surface area contributed by atoms with Crippen LogP contribution in [0.3, 0.4) is 0 Å². The normalized spacial score (nSPS) is 14.8. The third-order valence-corrected chi connectivity index (χ3v) is 6.07. The van der Waals surface area contributed by atoms with Crippen LogP contribution in [0.25, 0.3) is 0 Å². The number of piperazine rings is 1. The summed E-state index contributed by atoms with van der Waals surface area (Å²) in [4.78, 5) is 29.0. The van der Waals surface area contributed by atoms with Gasteiger partial charge in [-0.15, -0.1) is 5.10 Å². The first-order valence-corrected chi connectivity index (χ1v) is 11.7. The van der Waals surface area contributed by atoms with Crippen molar-refractivity contribution in [3.05, 3.63) is 29.8 Å². The molecule has 1 N–H and O–H groups in total. The molecule has 2 amide bonds. The number of hydrogen-bond donors (Lipinski definition) is 1. The van der Waals surface area contributed by atoms with Gasteiger partial charge in [0.25, 0.3) is 0 Å². The summed E-state index contributed by atoms with van der Waals surface area (Å²) in [6.45, 7) is 9.95. The number of nitrogens with zero attached hydrogens (tertiary/aromatic N) is 6. The van der Waals surface area contributed by atoms with Gasteiger partial charge in [-0.2, -0.15) is 0 Å². The monoisotopic (exact) mass is 445 g/mol. The smallest absolute Gasteiger partial charge is 0.238 e. The molecular formula is C21H31N7O2S. The highest BCUT2D eigenvalue weighted by Crippen LogP contribution is 2.17. The van der Waals surface area contributed by atoms with Gasteiger partial charge in [-0.25, -0.2) is 4.68 Å². The molecule has 31 heavy (non-hydrogen) atoms. The molecule has 0 spiro atoms. The Hall–Kier alpha value is -2.46. The van der Waals surface area contributed by atoms with E-state index in [1.54, 1.807) is 4.68 Å². The summed E-state index contributed by atoms with van der Waals surface area (Å²) in [6, 6.07) is 7.87. The van der Waals surface area contributed by atoms with Gasteiger partial charge in [0.2, 0.25) is 17.0 Å².